The van der Waals surface area contributed by atoms with Gasteiger partial charge in [-0.05, 0) is 105 Å². The molecule has 5 unspecified atom stereocenters. The fourth-order valence-electron chi connectivity index (χ4n) is 8.16. The average molecular weight is 675 g/mol. The molecule has 3 aromatic carbocycles. The van der Waals surface area contributed by atoms with Crippen molar-refractivity contribution in [3.63, 3.8) is 0 Å². The Hall–Kier alpha value is -4.46. The molecule has 2 amide bonds. The second kappa shape index (κ2) is 15.2. The minimum Gasteiger partial charge on any atom is -0.461 e. The van der Waals surface area contributed by atoms with Crippen LogP contribution in [0.4, 0.5) is 4.79 Å². The Morgan fingerprint density at radius 1 is 0.980 bits per heavy atom. The summed E-state index contributed by atoms with van der Waals surface area (Å²) in [6.45, 7) is 6.70. The number of hydrogen-bond acceptors (Lipinski definition) is 5. The monoisotopic (exact) mass is 674 g/mol. The number of hydrogen-bond donors (Lipinski definition) is 3. The molecule has 7 rings (SSSR count). The predicted molar refractivity (Wildman–Crippen MR) is 196 cm³/mol. The van der Waals surface area contributed by atoms with Gasteiger partial charge in [-0.3, -0.25) is 4.79 Å². The zero-order valence-electron chi connectivity index (χ0n) is 29.5. The molecule has 7 heteroatoms. The highest BCUT2D eigenvalue weighted by molar-refractivity contribution is 6.08. The summed E-state index contributed by atoms with van der Waals surface area (Å²) in [6, 6.07) is 28.7. The van der Waals surface area contributed by atoms with Crippen LogP contribution in [-0.4, -0.2) is 45.2 Å². The van der Waals surface area contributed by atoms with Gasteiger partial charge >= 0.3 is 6.03 Å². The minimum absolute atomic E-state index is 0.136. The van der Waals surface area contributed by atoms with Crippen molar-refractivity contribution in [2.24, 2.45) is 5.41 Å². The molecule has 262 valence electrons. The van der Waals surface area contributed by atoms with Crippen LogP contribution in [0.1, 0.15) is 110 Å². The third-order valence-electron chi connectivity index (χ3n) is 11.3. The van der Waals surface area contributed by atoms with E-state index in [0.29, 0.717) is 44.2 Å². The number of ketones is 1. The van der Waals surface area contributed by atoms with Gasteiger partial charge in [0.2, 0.25) is 5.78 Å². The van der Waals surface area contributed by atoms with Crippen LogP contribution in [0.25, 0.3) is 0 Å². The number of aliphatic hydroxyl groups excluding tert-OH is 1. The summed E-state index contributed by atoms with van der Waals surface area (Å²) in [5, 5.41) is 27.1. The minimum atomic E-state index is -1.25. The maximum absolute atomic E-state index is 14.2. The molecule has 50 heavy (non-hydrogen) atoms. The molecule has 3 aliphatic carbocycles. The summed E-state index contributed by atoms with van der Waals surface area (Å²) < 4.78 is 5.58. The van der Waals surface area contributed by atoms with Gasteiger partial charge in [0.25, 0.3) is 0 Å². The van der Waals surface area contributed by atoms with Gasteiger partial charge in [-0.25, -0.2) is 4.79 Å². The zero-order chi connectivity index (χ0) is 35.3. The van der Waals surface area contributed by atoms with E-state index in [9.17, 15) is 19.8 Å². The molecule has 0 aliphatic heterocycles. The first-order valence-corrected chi connectivity index (χ1v) is 18.0. The van der Waals surface area contributed by atoms with Crippen LogP contribution < -0.4 is 5.32 Å². The molecule has 7 nitrogen and oxygen atoms in total. The predicted octanol–water partition coefficient (Wildman–Crippen LogP) is 8.52. The van der Waals surface area contributed by atoms with E-state index in [1.807, 2.05) is 85.8 Å². The van der Waals surface area contributed by atoms with Gasteiger partial charge < -0.3 is 24.8 Å². The number of furan rings is 1. The summed E-state index contributed by atoms with van der Waals surface area (Å²) in [7, 11) is 0. The largest absolute Gasteiger partial charge is 0.461 e. The first-order valence-electron chi connectivity index (χ1n) is 18.0. The SMILES string of the molecule is CC1=CCCC2(C)C(CCC2(O)CN(Cc2ccccc2)C(=O)NC(C)c2ccccc2)c2ccc(cc2C(=O)c2ccco2)CC(O)CC1. The molecule has 1 fully saturated rings. The highest BCUT2D eigenvalue weighted by Gasteiger charge is 2.57. The van der Waals surface area contributed by atoms with Crippen molar-refractivity contribution in [3.8, 4) is 0 Å². The van der Waals surface area contributed by atoms with E-state index < -0.39 is 17.1 Å². The molecule has 0 radical (unpaired) electrons. The molecule has 5 atom stereocenters. The summed E-state index contributed by atoms with van der Waals surface area (Å²) in [5.74, 6) is -0.110. The molecule has 0 spiro atoms. The number of nitrogens with zero attached hydrogens (tertiary/aromatic N) is 1. The van der Waals surface area contributed by atoms with Crippen LogP contribution in [0, 0.1) is 5.41 Å². The lowest BCUT2D eigenvalue weighted by Gasteiger charge is -2.46. The van der Waals surface area contributed by atoms with Gasteiger partial charge in [0.1, 0.15) is 0 Å². The van der Waals surface area contributed by atoms with Crippen LogP contribution in [0.15, 0.2) is 113 Å². The first kappa shape index (κ1) is 35.4. The van der Waals surface area contributed by atoms with Gasteiger partial charge in [-0.15, -0.1) is 0 Å². The number of carbonyl (C=O) groups excluding carboxylic acids is 2. The Morgan fingerprint density at radius 3 is 2.44 bits per heavy atom. The Kier molecular flexibility index (Phi) is 10.7. The fourth-order valence-corrected chi connectivity index (χ4v) is 8.16. The van der Waals surface area contributed by atoms with E-state index in [1.54, 1.807) is 17.0 Å². The molecular formula is C43H50N2O5. The number of urea groups is 1. The first-order chi connectivity index (χ1) is 24.1. The highest BCUT2D eigenvalue weighted by atomic mass is 16.3. The number of benzene rings is 3. The van der Waals surface area contributed by atoms with E-state index >= 15 is 0 Å². The second-order valence-electron chi connectivity index (χ2n) is 14.7. The van der Waals surface area contributed by atoms with Crippen LogP contribution in [0.3, 0.4) is 0 Å². The van der Waals surface area contributed by atoms with Crippen molar-refractivity contribution in [2.75, 3.05) is 6.54 Å². The van der Waals surface area contributed by atoms with E-state index in [4.69, 9.17) is 4.42 Å². The Morgan fingerprint density at radius 2 is 1.72 bits per heavy atom. The molecule has 4 aromatic rings. The van der Waals surface area contributed by atoms with Gasteiger partial charge in [-0.2, -0.15) is 0 Å². The molecular weight excluding hydrogens is 624 g/mol. The van der Waals surface area contributed by atoms with Gasteiger partial charge in [-0.1, -0.05) is 91.4 Å². The van der Waals surface area contributed by atoms with Crippen molar-refractivity contribution < 1.29 is 24.2 Å². The van der Waals surface area contributed by atoms with Crippen molar-refractivity contribution >= 4 is 11.8 Å². The second-order valence-corrected chi connectivity index (χ2v) is 14.7. The zero-order valence-corrected chi connectivity index (χ0v) is 29.5. The van der Waals surface area contributed by atoms with E-state index in [2.05, 4.69) is 25.2 Å². The van der Waals surface area contributed by atoms with Crippen molar-refractivity contribution in [1.29, 1.82) is 0 Å². The molecule has 3 N–H and O–H groups in total. The third kappa shape index (κ3) is 7.64. The maximum atomic E-state index is 14.2. The maximum Gasteiger partial charge on any atom is 0.318 e. The number of carbonyl (C=O) groups is 2. The van der Waals surface area contributed by atoms with E-state index in [1.165, 1.54) is 11.8 Å². The van der Waals surface area contributed by atoms with Crippen LogP contribution in [0.5, 0.6) is 0 Å². The topological polar surface area (TPSA) is 103 Å². The number of rotatable bonds is 8. The number of aliphatic hydroxyl groups is 2. The summed E-state index contributed by atoms with van der Waals surface area (Å²) >= 11 is 0. The van der Waals surface area contributed by atoms with Crippen LogP contribution >= 0.6 is 0 Å². The van der Waals surface area contributed by atoms with Crippen LogP contribution in [0.2, 0.25) is 0 Å². The van der Waals surface area contributed by atoms with Gasteiger partial charge in [0.05, 0.1) is 30.6 Å². The van der Waals surface area contributed by atoms with Crippen molar-refractivity contribution in [3.05, 3.63) is 142 Å². The molecule has 1 saturated carbocycles. The molecule has 1 aromatic heterocycles. The summed E-state index contributed by atoms with van der Waals surface area (Å²) in [5.41, 5.74) is 3.57. The lowest BCUT2D eigenvalue weighted by Crippen LogP contribution is -2.55. The van der Waals surface area contributed by atoms with Crippen molar-refractivity contribution in [1.82, 2.24) is 10.2 Å². The third-order valence-corrected chi connectivity index (χ3v) is 11.3. The standard InChI is InChI=1S/C43H50N2O5/c1-30-12-10-23-42(3)38(36-21-19-33(26-35(46)20-18-30)27-37(36)40(47)39-17-11-25-50-39)22-24-43(42,49)29-45(28-32-13-6-4-7-14-32)41(48)44-31(2)34-15-8-5-9-16-34/h4-9,11-17,19,21,25,27,31,35,38,46,49H,10,18,20,22-24,26,28-29H2,1-3H3,(H,44,48). The van der Waals surface area contributed by atoms with E-state index in [0.717, 1.165) is 35.1 Å². The number of allylic oxidation sites excluding steroid dienone is 2. The lowest BCUT2D eigenvalue weighted by molar-refractivity contribution is -0.0781. The normalized spacial score (nSPS) is 24.5. The Balaban J connectivity index is 1.39. The van der Waals surface area contributed by atoms with Gasteiger partial charge in [0.15, 0.2) is 5.76 Å². The Bertz CT molecular complexity index is 1790. The summed E-state index contributed by atoms with van der Waals surface area (Å²) in [4.78, 5) is 30.0. The summed E-state index contributed by atoms with van der Waals surface area (Å²) in [6.07, 6.45) is 7.56. The molecule has 0 saturated heterocycles. The molecule has 3 aliphatic rings. The van der Waals surface area contributed by atoms with Crippen LogP contribution in [-0.2, 0) is 13.0 Å². The molecule has 2 bridgehead atoms. The number of amides is 2. The van der Waals surface area contributed by atoms with Crippen molar-refractivity contribution in [2.45, 2.75) is 95.9 Å². The number of nitrogens with one attached hydrogen (secondary N) is 1. The Labute approximate surface area is 296 Å². The highest BCUT2D eigenvalue weighted by Crippen LogP contribution is 2.59. The fraction of sp³-hybridized carbons (Fsp3) is 0.395. The van der Waals surface area contributed by atoms with Gasteiger partial charge in [0, 0.05) is 17.5 Å². The lowest BCUT2D eigenvalue weighted by atomic mass is 9.64. The van der Waals surface area contributed by atoms with E-state index in [-0.39, 0.29) is 36.1 Å². The smallest absolute Gasteiger partial charge is 0.318 e. The molecule has 1 heterocycles. The number of fused-ring (bicyclic) bond motifs is 8. The quantitative estimate of drug-likeness (QED) is 0.128. The average Bonchev–Trinajstić information content (AvgIpc) is 3.74.